The Balaban J connectivity index is 2.92. The Labute approximate surface area is 115 Å². The van der Waals surface area contributed by atoms with Gasteiger partial charge in [-0.15, -0.1) is 11.6 Å². The number of benzene rings is 1. The van der Waals surface area contributed by atoms with Crippen LogP contribution in [-0.2, 0) is 4.79 Å². The van der Waals surface area contributed by atoms with Crippen molar-refractivity contribution in [2.24, 2.45) is 5.92 Å². The summed E-state index contributed by atoms with van der Waals surface area (Å²) >= 11 is 17.4. The number of phenolic OH excluding ortho intramolecular Hbond substituents is 1. The highest BCUT2D eigenvalue weighted by molar-refractivity contribution is 6.37. The second-order valence-corrected chi connectivity index (χ2v) is 5.23. The van der Waals surface area contributed by atoms with Crippen molar-refractivity contribution in [3.63, 3.8) is 0 Å². The van der Waals surface area contributed by atoms with Gasteiger partial charge in [-0.1, -0.05) is 37.0 Å². The first-order chi connectivity index (χ1) is 7.82. The van der Waals surface area contributed by atoms with Crippen molar-refractivity contribution in [3.8, 4) is 5.75 Å². The van der Waals surface area contributed by atoms with E-state index < -0.39 is 11.3 Å². The minimum absolute atomic E-state index is 0.0199. The molecule has 0 heterocycles. The van der Waals surface area contributed by atoms with Crippen LogP contribution in [0.1, 0.15) is 13.8 Å². The molecule has 1 amide bonds. The van der Waals surface area contributed by atoms with E-state index in [2.05, 4.69) is 5.32 Å². The van der Waals surface area contributed by atoms with Crippen LogP contribution in [0.4, 0.5) is 5.69 Å². The van der Waals surface area contributed by atoms with E-state index in [9.17, 15) is 9.90 Å². The van der Waals surface area contributed by atoms with Crippen LogP contribution < -0.4 is 5.32 Å². The molecule has 0 fully saturated rings. The number of hydrogen-bond donors (Lipinski definition) is 2. The molecule has 0 unspecified atom stereocenters. The lowest BCUT2D eigenvalue weighted by Gasteiger charge is -2.14. The minimum atomic E-state index is -0.688. The highest BCUT2D eigenvalue weighted by Crippen LogP contribution is 2.35. The predicted octanol–water partition coefficient (Wildman–Crippen LogP) is 3.90. The number of phenols is 1. The first kappa shape index (κ1) is 14.4. The van der Waals surface area contributed by atoms with Crippen LogP contribution in [-0.4, -0.2) is 16.4 Å². The zero-order valence-electron chi connectivity index (χ0n) is 9.30. The van der Waals surface area contributed by atoms with Crippen LogP contribution in [0.15, 0.2) is 12.1 Å². The molecule has 0 radical (unpaired) electrons. The molecule has 1 atom stereocenters. The quantitative estimate of drug-likeness (QED) is 0.656. The van der Waals surface area contributed by atoms with E-state index >= 15 is 0 Å². The van der Waals surface area contributed by atoms with Gasteiger partial charge >= 0.3 is 0 Å². The van der Waals surface area contributed by atoms with Crippen molar-refractivity contribution in [1.29, 1.82) is 0 Å². The molecule has 17 heavy (non-hydrogen) atoms. The molecular weight excluding hydrogens is 284 g/mol. The fourth-order valence-corrected chi connectivity index (χ4v) is 1.71. The van der Waals surface area contributed by atoms with Gasteiger partial charge in [-0.05, 0) is 18.1 Å². The predicted molar refractivity (Wildman–Crippen MR) is 71.2 cm³/mol. The summed E-state index contributed by atoms with van der Waals surface area (Å²) in [5.74, 6) is -0.652. The number of carbonyl (C=O) groups excluding carboxylic acids is 1. The summed E-state index contributed by atoms with van der Waals surface area (Å²) in [7, 11) is 0. The highest BCUT2D eigenvalue weighted by atomic mass is 35.5. The number of amides is 1. The molecule has 0 aliphatic heterocycles. The average molecular weight is 297 g/mol. The fourth-order valence-electron chi connectivity index (χ4n) is 1.17. The van der Waals surface area contributed by atoms with Crippen LogP contribution >= 0.6 is 34.8 Å². The van der Waals surface area contributed by atoms with E-state index in [0.717, 1.165) is 0 Å². The van der Waals surface area contributed by atoms with Crippen LogP contribution in [0.2, 0.25) is 10.0 Å². The van der Waals surface area contributed by atoms with Gasteiger partial charge in [0.15, 0.2) is 5.75 Å². The van der Waals surface area contributed by atoms with Crippen molar-refractivity contribution < 1.29 is 9.90 Å². The lowest BCUT2D eigenvalue weighted by Crippen LogP contribution is -2.27. The summed E-state index contributed by atoms with van der Waals surface area (Å²) in [5, 5.41) is 11.8. The molecule has 0 bridgehead atoms. The van der Waals surface area contributed by atoms with Crippen molar-refractivity contribution in [2.75, 3.05) is 5.32 Å². The van der Waals surface area contributed by atoms with Crippen LogP contribution in [0.25, 0.3) is 0 Å². The van der Waals surface area contributed by atoms with E-state index in [1.165, 1.54) is 12.1 Å². The van der Waals surface area contributed by atoms with Crippen molar-refractivity contribution in [1.82, 2.24) is 0 Å². The van der Waals surface area contributed by atoms with Gasteiger partial charge < -0.3 is 10.4 Å². The van der Waals surface area contributed by atoms with Crippen molar-refractivity contribution >= 4 is 46.4 Å². The van der Waals surface area contributed by atoms with Gasteiger partial charge in [0, 0.05) is 5.02 Å². The number of nitrogens with one attached hydrogen (secondary N) is 1. The molecule has 94 valence electrons. The highest BCUT2D eigenvalue weighted by Gasteiger charge is 2.20. The summed E-state index contributed by atoms with van der Waals surface area (Å²) in [4.78, 5) is 11.7. The zero-order chi connectivity index (χ0) is 13.2. The summed E-state index contributed by atoms with van der Waals surface area (Å²) < 4.78 is 0. The summed E-state index contributed by atoms with van der Waals surface area (Å²) in [6.45, 7) is 3.64. The van der Waals surface area contributed by atoms with E-state index in [1.807, 2.05) is 13.8 Å². The first-order valence-electron chi connectivity index (χ1n) is 4.96. The summed E-state index contributed by atoms with van der Waals surface area (Å²) in [6, 6.07) is 2.79. The third-order valence-electron chi connectivity index (χ3n) is 2.12. The van der Waals surface area contributed by atoms with E-state index in [1.54, 1.807) is 0 Å². The Morgan fingerprint density at radius 3 is 2.47 bits per heavy atom. The van der Waals surface area contributed by atoms with Gasteiger partial charge in [0.25, 0.3) is 0 Å². The average Bonchev–Trinajstić information content (AvgIpc) is 2.23. The minimum Gasteiger partial charge on any atom is -0.504 e. The van der Waals surface area contributed by atoms with Crippen molar-refractivity contribution in [3.05, 3.63) is 22.2 Å². The third kappa shape index (κ3) is 3.66. The zero-order valence-corrected chi connectivity index (χ0v) is 11.6. The first-order valence-corrected chi connectivity index (χ1v) is 6.15. The Hall–Kier alpha value is -0.640. The number of carbonyl (C=O) groups is 1. The van der Waals surface area contributed by atoms with E-state index in [0.29, 0.717) is 5.02 Å². The second kappa shape index (κ2) is 5.80. The smallest absolute Gasteiger partial charge is 0.242 e. The number of aromatic hydroxyl groups is 1. The third-order valence-corrected chi connectivity index (χ3v) is 3.33. The molecule has 3 nitrogen and oxygen atoms in total. The van der Waals surface area contributed by atoms with Gasteiger partial charge in [0.1, 0.15) is 5.38 Å². The van der Waals surface area contributed by atoms with E-state index in [4.69, 9.17) is 34.8 Å². The second-order valence-electron chi connectivity index (χ2n) is 3.92. The van der Waals surface area contributed by atoms with Gasteiger partial charge in [0.2, 0.25) is 5.91 Å². The lowest BCUT2D eigenvalue weighted by molar-refractivity contribution is -0.116. The van der Waals surface area contributed by atoms with Crippen molar-refractivity contribution in [2.45, 2.75) is 19.2 Å². The molecule has 0 aliphatic rings. The number of anilines is 1. The molecule has 0 saturated carbocycles. The number of rotatable bonds is 3. The molecule has 0 saturated heterocycles. The van der Waals surface area contributed by atoms with Gasteiger partial charge in [-0.3, -0.25) is 4.79 Å². The molecule has 0 aliphatic carbocycles. The van der Waals surface area contributed by atoms with Crippen LogP contribution in [0.3, 0.4) is 0 Å². The normalized spacial score (nSPS) is 12.6. The maximum absolute atomic E-state index is 11.7. The van der Waals surface area contributed by atoms with Crippen LogP contribution in [0.5, 0.6) is 5.75 Å². The molecule has 1 aromatic carbocycles. The van der Waals surface area contributed by atoms with Crippen LogP contribution in [0, 0.1) is 5.92 Å². The molecular formula is C11H12Cl3NO2. The van der Waals surface area contributed by atoms with Gasteiger partial charge in [-0.25, -0.2) is 0 Å². The Kier molecular flexibility index (Phi) is 4.92. The SMILES string of the molecule is CC(C)[C@H](Cl)C(=O)Nc1cc(Cl)cc(Cl)c1O. The Morgan fingerprint density at radius 1 is 1.35 bits per heavy atom. The molecule has 2 N–H and O–H groups in total. The molecule has 1 rings (SSSR count). The largest absolute Gasteiger partial charge is 0.504 e. The lowest BCUT2D eigenvalue weighted by atomic mass is 10.1. The summed E-state index contributed by atoms with van der Waals surface area (Å²) in [5.41, 5.74) is 0.152. The molecule has 1 aromatic rings. The Bertz CT molecular complexity index is 435. The monoisotopic (exact) mass is 295 g/mol. The van der Waals surface area contributed by atoms with Gasteiger partial charge in [-0.2, -0.15) is 0 Å². The van der Waals surface area contributed by atoms with Gasteiger partial charge in [0.05, 0.1) is 10.7 Å². The topological polar surface area (TPSA) is 49.3 Å². The molecule has 0 aromatic heterocycles. The molecule has 6 heteroatoms. The number of hydrogen-bond acceptors (Lipinski definition) is 2. The van der Waals surface area contributed by atoms with E-state index in [-0.39, 0.29) is 22.4 Å². The maximum atomic E-state index is 11.7. The Morgan fingerprint density at radius 2 is 1.94 bits per heavy atom. The number of halogens is 3. The molecule has 0 spiro atoms. The maximum Gasteiger partial charge on any atom is 0.242 e. The standard InChI is InChI=1S/C11H12Cl3NO2/c1-5(2)9(14)11(17)15-8-4-6(12)3-7(13)10(8)16/h3-5,9,16H,1-2H3,(H,15,17)/t9-/m0/s1. The number of alkyl halides is 1. The fraction of sp³-hybridized carbons (Fsp3) is 0.364. The summed E-state index contributed by atoms with van der Waals surface area (Å²) in [6.07, 6.45) is 0.